The van der Waals surface area contributed by atoms with Crippen molar-refractivity contribution in [1.29, 1.82) is 0 Å². The first kappa shape index (κ1) is 30.5. The topological polar surface area (TPSA) is 84.8 Å². The summed E-state index contributed by atoms with van der Waals surface area (Å²) in [6.07, 6.45) is 2.80. The number of halogens is 3. The Labute approximate surface area is 249 Å². The second-order valence-electron chi connectivity index (χ2n) is 11.6. The summed E-state index contributed by atoms with van der Waals surface area (Å²) in [7, 11) is 0. The Morgan fingerprint density at radius 3 is 1.84 bits per heavy atom. The molecule has 2 aromatic rings. The molecule has 0 amide bonds. The van der Waals surface area contributed by atoms with Crippen LogP contribution in [-0.4, -0.2) is 68.5 Å². The number of hydrogen-bond acceptors (Lipinski definition) is 8. The first-order chi connectivity index (χ1) is 20.8. The van der Waals surface area contributed by atoms with Crippen LogP contribution in [0.5, 0.6) is 17.2 Å². The van der Waals surface area contributed by atoms with Crippen molar-refractivity contribution in [3.63, 3.8) is 0 Å². The summed E-state index contributed by atoms with van der Waals surface area (Å²) >= 11 is 0. The molecule has 0 aromatic heterocycles. The zero-order valence-electron chi connectivity index (χ0n) is 24.5. The van der Waals surface area contributed by atoms with Crippen LogP contribution < -0.4 is 14.2 Å². The zero-order valence-corrected chi connectivity index (χ0v) is 24.5. The highest BCUT2D eigenvalue weighted by atomic mass is 19.2. The quantitative estimate of drug-likeness (QED) is 0.461. The van der Waals surface area contributed by atoms with Crippen molar-refractivity contribution in [2.75, 3.05) is 39.6 Å². The summed E-state index contributed by atoms with van der Waals surface area (Å²) in [4.78, 5) is 0. The zero-order chi connectivity index (χ0) is 30.2. The van der Waals surface area contributed by atoms with Gasteiger partial charge in [0, 0.05) is 43.1 Å². The number of rotatable bonds is 5. The highest BCUT2D eigenvalue weighted by Gasteiger charge is 2.50. The van der Waals surface area contributed by atoms with Crippen LogP contribution in [-0.2, 0) is 18.9 Å². The van der Waals surface area contributed by atoms with Gasteiger partial charge < -0.3 is 38.3 Å². The van der Waals surface area contributed by atoms with E-state index >= 15 is 0 Å². The molecule has 2 saturated heterocycles. The molecule has 5 aliphatic rings. The van der Waals surface area contributed by atoms with Gasteiger partial charge in [-0.2, -0.15) is 8.78 Å². The van der Waals surface area contributed by atoms with Crippen LogP contribution in [0.1, 0.15) is 75.3 Å². The predicted molar refractivity (Wildman–Crippen MR) is 148 cm³/mol. The summed E-state index contributed by atoms with van der Waals surface area (Å²) < 4.78 is 81.6. The van der Waals surface area contributed by atoms with Crippen LogP contribution in [0.4, 0.5) is 13.2 Å². The highest BCUT2D eigenvalue weighted by Crippen LogP contribution is 2.52. The molecule has 0 radical (unpaired) electrons. The molecule has 7 rings (SSSR count). The molecule has 2 spiro atoms. The van der Waals surface area contributed by atoms with Crippen molar-refractivity contribution < 1.29 is 51.4 Å². The van der Waals surface area contributed by atoms with Crippen molar-refractivity contribution in [2.24, 2.45) is 0 Å². The van der Waals surface area contributed by atoms with Gasteiger partial charge in [-0.15, -0.1) is 0 Å². The van der Waals surface area contributed by atoms with Crippen LogP contribution in [0.2, 0.25) is 0 Å². The Hall–Kier alpha value is -2.57. The summed E-state index contributed by atoms with van der Waals surface area (Å²) in [5, 5.41) is 10.4. The fourth-order valence-electron chi connectivity index (χ4n) is 7.09. The molecule has 11 heteroatoms. The van der Waals surface area contributed by atoms with Gasteiger partial charge in [-0.25, -0.2) is 4.39 Å². The average molecular weight is 609 g/mol. The standard InChI is InChI=1S/C16H20F2O4.C16H19FO4/c1-2-20-13-4-3-11(14(17)15(13)18)10-5-6-16(9-12(10)19)21-7-8-22-16;1-2-18-12-4-3-11-10-5-6-16(19-7-8-20-16)9-13(10)21-15(11)14(12)17/h3-4,10,12,19H,2,5-9H2,1H3;3-4,10,13H,2,5-9H2,1H3/t;10-,13?/m.0/s1. The van der Waals surface area contributed by atoms with Crippen molar-refractivity contribution >= 4 is 0 Å². The van der Waals surface area contributed by atoms with Gasteiger partial charge in [0.15, 0.2) is 34.6 Å². The third-order valence-corrected chi connectivity index (χ3v) is 9.08. The third kappa shape index (κ3) is 5.82. The predicted octanol–water partition coefficient (Wildman–Crippen LogP) is 5.73. The smallest absolute Gasteiger partial charge is 0.207 e. The molecule has 2 aromatic carbocycles. The van der Waals surface area contributed by atoms with E-state index in [4.69, 9.17) is 33.2 Å². The third-order valence-electron chi connectivity index (χ3n) is 9.08. The molecular formula is C32H39F3O8. The molecule has 3 unspecified atom stereocenters. The fourth-order valence-corrected chi connectivity index (χ4v) is 7.09. The van der Waals surface area contributed by atoms with Gasteiger partial charge in [0.1, 0.15) is 6.10 Å². The molecule has 2 aliphatic carbocycles. The second kappa shape index (κ2) is 12.4. The normalized spacial score (nSPS) is 28.1. The average Bonchev–Trinajstić information content (AvgIpc) is 3.74. The van der Waals surface area contributed by atoms with E-state index in [1.807, 2.05) is 13.0 Å². The summed E-state index contributed by atoms with van der Waals surface area (Å²) in [5.74, 6) is -3.33. The van der Waals surface area contributed by atoms with Crippen molar-refractivity contribution in [3.05, 3.63) is 52.8 Å². The van der Waals surface area contributed by atoms with Gasteiger partial charge in [-0.3, -0.25) is 0 Å². The van der Waals surface area contributed by atoms with Gasteiger partial charge in [0.2, 0.25) is 11.6 Å². The number of benzene rings is 2. The van der Waals surface area contributed by atoms with E-state index < -0.39 is 35.2 Å². The molecule has 236 valence electrons. The van der Waals surface area contributed by atoms with Crippen molar-refractivity contribution in [3.8, 4) is 17.2 Å². The fraction of sp³-hybridized carbons (Fsp3) is 0.625. The lowest BCUT2D eigenvalue weighted by atomic mass is 9.78. The molecule has 3 heterocycles. The number of ether oxygens (including phenoxy) is 7. The first-order valence-corrected chi connectivity index (χ1v) is 15.2. The Kier molecular flexibility index (Phi) is 8.81. The van der Waals surface area contributed by atoms with Crippen molar-refractivity contribution in [2.45, 2.75) is 88.0 Å². The van der Waals surface area contributed by atoms with Gasteiger partial charge in [-0.05, 0) is 44.4 Å². The number of aliphatic hydroxyl groups is 1. The van der Waals surface area contributed by atoms with Gasteiger partial charge in [0.25, 0.3) is 0 Å². The highest BCUT2D eigenvalue weighted by molar-refractivity contribution is 5.48. The van der Waals surface area contributed by atoms with Crippen LogP contribution >= 0.6 is 0 Å². The minimum atomic E-state index is -1.000. The van der Waals surface area contributed by atoms with Gasteiger partial charge in [0.05, 0.1) is 45.7 Å². The molecule has 4 atom stereocenters. The summed E-state index contributed by atoms with van der Waals surface area (Å²) in [6, 6.07) is 6.54. The lowest BCUT2D eigenvalue weighted by molar-refractivity contribution is -0.199. The maximum absolute atomic E-state index is 14.5. The van der Waals surface area contributed by atoms with Crippen LogP contribution in [0.25, 0.3) is 0 Å². The Balaban J connectivity index is 0.000000153. The van der Waals surface area contributed by atoms with Crippen LogP contribution in [0.3, 0.4) is 0 Å². The van der Waals surface area contributed by atoms with E-state index in [1.165, 1.54) is 12.1 Å². The van der Waals surface area contributed by atoms with Crippen LogP contribution in [0, 0.1) is 17.5 Å². The molecular weight excluding hydrogens is 569 g/mol. The van der Waals surface area contributed by atoms with E-state index in [9.17, 15) is 18.3 Å². The first-order valence-electron chi connectivity index (χ1n) is 15.2. The lowest BCUT2D eigenvalue weighted by Crippen LogP contribution is -2.42. The molecule has 3 aliphatic heterocycles. The molecule has 1 N–H and O–H groups in total. The largest absolute Gasteiger partial charge is 0.491 e. The molecule has 4 fully saturated rings. The maximum Gasteiger partial charge on any atom is 0.207 e. The lowest BCUT2D eigenvalue weighted by Gasteiger charge is -2.39. The summed E-state index contributed by atoms with van der Waals surface area (Å²) in [6.45, 7) is 6.52. The van der Waals surface area contributed by atoms with Gasteiger partial charge in [-0.1, -0.05) is 12.1 Å². The minimum Gasteiger partial charge on any atom is -0.491 e. The number of aliphatic hydroxyl groups excluding tert-OH is 1. The second-order valence-corrected chi connectivity index (χ2v) is 11.6. The Morgan fingerprint density at radius 1 is 0.721 bits per heavy atom. The van der Waals surface area contributed by atoms with Crippen LogP contribution in [0.15, 0.2) is 24.3 Å². The van der Waals surface area contributed by atoms with E-state index in [0.717, 1.165) is 18.4 Å². The molecule has 43 heavy (non-hydrogen) atoms. The Bertz CT molecular complexity index is 1290. The number of fused-ring (bicyclic) bond motifs is 3. The molecule has 8 nitrogen and oxygen atoms in total. The van der Waals surface area contributed by atoms with E-state index in [1.54, 1.807) is 13.0 Å². The SMILES string of the molecule is CCOc1ccc(C2CCC3(CC2O)OCCO3)c(F)c1F.CCOc1ccc2c(c1F)OC1CC3(CC[C@@H]21)OCCO3. The van der Waals surface area contributed by atoms with Gasteiger partial charge >= 0.3 is 0 Å². The Morgan fingerprint density at radius 2 is 1.26 bits per heavy atom. The monoisotopic (exact) mass is 608 g/mol. The molecule has 0 bridgehead atoms. The minimum absolute atomic E-state index is 0.0711. The van der Waals surface area contributed by atoms with Crippen molar-refractivity contribution in [1.82, 2.24) is 0 Å². The van der Waals surface area contributed by atoms with E-state index in [2.05, 4.69) is 0 Å². The summed E-state index contributed by atoms with van der Waals surface area (Å²) in [5.41, 5.74) is 1.13. The maximum atomic E-state index is 14.5. The number of hydrogen-bond donors (Lipinski definition) is 1. The van der Waals surface area contributed by atoms with E-state index in [-0.39, 0.29) is 47.9 Å². The van der Waals surface area contributed by atoms with E-state index in [0.29, 0.717) is 58.0 Å². The molecule has 2 saturated carbocycles.